The van der Waals surface area contributed by atoms with Crippen LogP contribution in [-0.4, -0.2) is 23.0 Å². The van der Waals surface area contributed by atoms with Gasteiger partial charge < -0.3 is 16.2 Å². The molecule has 114 valence electrons. The fourth-order valence-corrected chi connectivity index (χ4v) is 3.05. The van der Waals surface area contributed by atoms with Crippen LogP contribution in [0.25, 0.3) is 0 Å². The molecule has 1 amide bonds. The first-order chi connectivity index (χ1) is 9.99. The van der Waals surface area contributed by atoms with Gasteiger partial charge in [0.05, 0.1) is 17.2 Å². The second kappa shape index (κ2) is 7.04. The Hall–Kier alpha value is -1.40. The number of carboxylic acids is 1. The van der Waals surface area contributed by atoms with Crippen LogP contribution in [0.15, 0.2) is 22.7 Å². The standard InChI is InChI=1S/C15H19BrN2O3/c16-9-6-7-11(15(20)21)13(8-9)18-14(19)10-4-2-1-3-5-12(10)17/h6-8,10,12H,1-5,17H2,(H,18,19)(H,20,21). The summed E-state index contributed by atoms with van der Waals surface area (Å²) < 4.78 is 0.716. The van der Waals surface area contributed by atoms with Gasteiger partial charge in [0.15, 0.2) is 0 Å². The highest BCUT2D eigenvalue weighted by atomic mass is 79.9. The quantitative estimate of drug-likeness (QED) is 0.727. The number of carbonyl (C=O) groups excluding carboxylic acids is 1. The number of nitrogens with two attached hydrogens (primary N) is 1. The number of hydrogen-bond acceptors (Lipinski definition) is 3. The summed E-state index contributed by atoms with van der Waals surface area (Å²) in [5.74, 6) is -1.51. The molecule has 6 heteroatoms. The van der Waals surface area contributed by atoms with Crippen molar-refractivity contribution < 1.29 is 14.7 Å². The van der Waals surface area contributed by atoms with Crippen molar-refractivity contribution in [1.29, 1.82) is 0 Å². The van der Waals surface area contributed by atoms with Gasteiger partial charge in [0, 0.05) is 10.5 Å². The van der Waals surface area contributed by atoms with Crippen molar-refractivity contribution in [3.63, 3.8) is 0 Å². The molecule has 2 unspecified atom stereocenters. The summed E-state index contributed by atoms with van der Waals surface area (Å²) in [6.45, 7) is 0. The summed E-state index contributed by atoms with van der Waals surface area (Å²) in [4.78, 5) is 23.6. The van der Waals surface area contributed by atoms with E-state index >= 15 is 0 Å². The minimum absolute atomic E-state index is 0.0775. The van der Waals surface area contributed by atoms with E-state index in [4.69, 9.17) is 5.73 Å². The number of amides is 1. The highest BCUT2D eigenvalue weighted by Gasteiger charge is 2.27. The van der Waals surface area contributed by atoms with Crippen molar-refractivity contribution in [3.05, 3.63) is 28.2 Å². The van der Waals surface area contributed by atoms with Gasteiger partial charge in [0.1, 0.15) is 0 Å². The Morgan fingerprint density at radius 2 is 1.95 bits per heavy atom. The largest absolute Gasteiger partial charge is 0.478 e. The lowest BCUT2D eigenvalue weighted by Gasteiger charge is -2.21. The molecule has 0 saturated heterocycles. The van der Waals surface area contributed by atoms with Crippen molar-refractivity contribution in [2.24, 2.45) is 11.7 Å². The zero-order valence-corrected chi connectivity index (χ0v) is 13.2. The normalized spacial score (nSPS) is 22.4. The minimum atomic E-state index is -1.07. The molecular formula is C15H19BrN2O3. The highest BCUT2D eigenvalue weighted by Crippen LogP contribution is 2.26. The first kappa shape index (κ1) is 16.0. The monoisotopic (exact) mass is 354 g/mol. The maximum absolute atomic E-state index is 12.4. The summed E-state index contributed by atoms with van der Waals surface area (Å²) >= 11 is 3.29. The van der Waals surface area contributed by atoms with Crippen LogP contribution in [-0.2, 0) is 4.79 Å². The lowest BCUT2D eigenvalue weighted by Crippen LogP contribution is -2.38. The number of halogens is 1. The molecule has 0 radical (unpaired) electrons. The van der Waals surface area contributed by atoms with Crippen molar-refractivity contribution in [1.82, 2.24) is 0 Å². The molecule has 2 atom stereocenters. The predicted molar refractivity (Wildman–Crippen MR) is 84.3 cm³/mol. The maximum Gasteiger partial charge on any atom is 0.337 e. The smallest absolute Gasteiger partial charge is 0.337 e. The Labute approximate surface area is 132 Å². The number of hydrogen-bond donors (Lipinski definition) is 3. The van der Waals surface area contributed by atoms with Crippen LogP contribution < -0.4 is 11.1 Å². The third kappa shape index (κ3) is 4.04. The van der Waals surface area contributed by atoms with E-state index in [2.05, 4.69) is 21.2 Å². The number of carbonyl (C=O) groups is 2. The molecule has 0 heterocycles. The fourth-order valence-electron chi connectivity index (χ4n) is 2.69. The average molecular weight is 355 g/mol. The second-order valence-corrected chi connectivity index (χ2v) is 6.31. The molecule has 2 rings (SSSR count). The van der Waals surface area contributed by atoms with E-state index in [-0.39, 0.29) is 23.4 Å². The number of rotatable bonds is 3. The van der Waals surface area contributed by atoms with Gasteiger partial charge in [-0.05, 0) is 31.0 Å². The van der Waals surface area contributed by atoms with E-state index < -0.39 is 5.97 Å². The van der Waals surface area contributed by atoms with Crippen LogP contribution in [0.2, 0.25) is 0 Å². The molecule has 1 saturated carbocycles. The van der Waals surface area contributed by atoms with Crippen LogP contribution in [0.3, 0.4) is 0 Å². The molecule has 5 nitrogen and oxygen atoms in total. The number of nitrogens with one attached hydrogen (secondary N) is 1. The summed E-state index contributed by atoms with van der Waals surface area (Å²) in [7, 11) is 0. The highest BCUT2D eigenvalue weighted by molar-refractivity contribution is 9.10. The lowest BCUT2D eigenvalue weighted by molar-refractivity contribution is -0.120. The average Bonchev–Trinajstić information content (AvgIpc) is 2.63. The summed E-state index contributed by atoms with van der Waals surface area (Å²) in [6, 6.07) is 4.54. The summed E-state index contributed by atoms with van der Waals surface area (Å²) in [5.41, 5.74) is 6.46. The first-order valence-corrected chi connectivity index (χ1v) is 7.87. The molecule has 0 aromatic heterocycles. The van der Waals surface area contributed by atoms with Crippen LogP contribution in [0.1, 0.15) is 42.5 Å². The molecule has 1 fully saturated rings. The van der Waals surface area contributed by atoms with E-state index in [1.807, 2.05) is 0 Å². The molecule has 1 aliphatic carbocycles. The SMILES string of the molecule is NC1CCCCCC1C(=O)Nc1cc(Br)ccc1C(=O)O. The van der Waals surface area contributed by atoms with Gasteiger partial charge in [0.25, 0.3) is 0 Å². The van der Waals surface area contributed by atoms with Crippen molar-refractivity contribution in [2.45, 2.75) is 38.1 Å². The molecule has 4 N–H and O–H groups in total. The number of aromatic carboxylic acids is 1. The van der Waals surface area contributed by atoms with Gasteiger partial charge in [-0.2, -0.15) is 0 Å². The number of benzene rings is 1. The molecule has 1 aliphatic rings. The summed E-state index contributed by atoms with van der Waals surface area (Å²) in [6.07, 6.45) is 4.71. The van der Waals surface area contributed by atoms with Crippen LogP contribution in [0.5, 0.6) is 0 Å². The van der Waals surface area contributed by atoms with Gasteiger partial charge in [-0.15, -0.1) is 0 Å². The zero-order chi connectivity index (χ0) is 15.4. The topological polar surface area (TPSA) is 92.4 Å². The summed E-state index contributed by atoms with van der Waals surface area (Å²) in [5, 5.41) is 11.9. The van der Waals surface area contributed by atoms with E-state index in [1.165, 1.54) is 6.07 Å². The van der Waals surface area contributed by atoms with E-state index in [9.17, 15) is 14.7 Å². The Morgan fingerprint density at radius 1 is 1.24 bits per heavy atom. The van der Waals surface area contributed by atoms with Gasteiger partial charge in [-0.3, -0.25) is 4.79 Å². The Bertz CT molecular complexity index is 548. The Balaban J connectivity index is 2.18. The fraction of sp³-hybridized carbons (Fsp3) is 0.467. The van der Waals surface area contributed by atoms with Crippen molar-refractivity contribution in [3.8, 4) is 0 Å². The van der Waals surface area contributed by atoms with Crippen molar-refractivity contribution in [2.75, 3.05) is 5.32 Å². The van der Waals surface area contributed by atoms with Crippen LogP contribution in [0.4, 0.5) is 5.69 Å². The van der Waals surface area contributed by atoms with Crippen molar-refractivity contribution >= 4 is 33.5 Å². The number of anilines is 1. The third-order valence-corrected chi connectivity index (χ3v) is 4.37. The van der Waals surface area contributed by atoms with Gasteiger partial charge >= 0.3 is 5.97 Å². The van der Waals surface area contributed by atoms with Crippen LogP contribution in [0, 0.1) is 5.92 Å². The van der Waals surface area contributed by atoms with E-state index in [0.717, 1.165) is 32.1 Å². The molecule has 0 spiro atoms. The third-order valence-electron chi connectivity index (χ3n) is 3.88. The zero-order valence-electron chi connectivity index (χ0n) is 11.6. The second-order valence-electron chi connectivity index (χ2n) is 5.39. The molecule has 1 aromatic rings. The molecule has 0 aliphatic heterocycles. The maximum atomic E-state index is 12.4. The Morgan fingerprint density at radius 3 is 2.67 bits per heavy atom. The van der Waals surface area contributed by atoms with Gasteiger partial charge in [-0.1, -0.05) is 35.2 Å². The first-order valence-electron chi connectivity index (χ1n) is 7.08. The van der Waals surface area contributed by atoms with E-state index in [0.29, 0.717) is 10.2 Å². The number of carboxylic acid groups (broad SMARTS) is 1. The Kier molecular flexibility index (Phi) is 5.36. The van der Waals surface area contributed by atoms with E-state index in [1.54, 1.807) is 12.1 Å². The molecular weight excluding hydrogens is 336 g/mol. The molecule has 21 heavy (non-hydrogen) atoms. The molecule has 1 aromatic carbocycles. The predicted octanol–water partition coefficient (Wildman–Crippen LogP) is 2.99. The minimum Gasteiger partial charge on any atom is -0.478 e. The molecule has 0 bridgehead atoms. The van der Waals surface area contributed by atoms with Gasteiger partial charge in [-0.25, -0.2) is 4.79 Å². The van der Waals surface area contributed by atoms with Crippen LogP contribution >= 0.6 is 15.9 Å². The van der Waals surface area contributed by atoms with Gasteiger partial charge in [0.2, 0.25) is 5.91 Å². The lowest BCUT2D eigenvalue weighted by atomic mass is 9.94.